The monoisotopic (exact) mass is 130 g/mol. The molecular formula is C8H18O. The molecule has 0 aromatic heterocycles. The van der Waals surface area contributed by atoms with Crippen LogP contribution in [-0.2, 0) is 4.74 Å². The third kappa shape index (κ3) is 5.84. The van der Waals surface area contributed by atoms with Gasteiger partial charge in [-0.25, -0.2) is 0 Å². The highest BCUT2D eigenvalue weighted by atomic mass is 16.5. The van der Waals surface area contributed by atoms with Gasteiger partial charge in [-0.05, 0) is 12.3 Å². The van der Waals surface area contributed by atoms with Crippen LogP contribution in [0, 0.1) is 5.92 Å². The molecule has 0 saturated carbocycles. The van der Waals surface area contributed by atoms with E-state index in [0.29, 0.717) is 0 Å². The second-order valence-corrected chi connectivity index (χ2v) is 2.68. The third-order valence-corrected chi connectivity index (χ3v) is 1.16. The number of rotatable bonds is 0. The Bertz CT molecular complexity index is 46.5. The fraction of sp³-hybridized carbons (Fsp3) is 1.00. The summed E-state index contributed by atoms with van der Waals surface area (Å²) in [5, 5.41) is 0. The summed E-state index contributed by atoms with van der Waals surface area (Å²) in [4.78, 5) is 0. The van der Waals surface area contributed by atoms with E-state index in [1.807, 2.05) is 0 Å². The third-order valence-electron chi connectivity index (χ3n) is 1.16. The molecule has 0 amide bonds. The summed E-state index contributed by atoms with van der Waals surface area (Å²) in [6.45, 7) is 8.44. The van der Waals surface area contributed by atoms with Crippen molar-refractivity contribution in [2.24, 2.45) is 5.92 Å². The van der Waals surface area contributed by atoms with Gasteiger partial charge in [0.05, 0.1) is 0 Å². The molecule has 1 aliphatic rings. The number of hydrogen-bond acceptors (Lipinski definition) is 1. The van der Waals surface area contributed by atoms with Crippen LogP contribution >= 0.6 is 0 Å². The maximum atomic E-state index is 5.06. The van der Waals surface area contributed by atoms with Crippen LogP contribution in [0.1, 0.15) is 33.6 Å². The van der Waals surface area contributed by atoms with Crippen LogP contribution in [0.25, 0.3) is 0 Å². The van der Waals surface area contributed by atoms with E-state index >= 15 is 0 Å². The van der Waals surface area contributed by atoms with Gasteiger partial charge in [-0.15, -0.1) is 0 Å². The van der Waals surface area contributed by atoms with Gasteiger partial charge in [0.2, 0.25) is 0 Å². The summed E-state index contributed by atoms with van der Waals surface area (Å²) in [5.74, 6) is 0.824. The maximum absolute atomic E-state index is 5.06. The lowest BCUT2D eigenvalue weighted by Crippen LogP contribution is -1.88. The molecule has 1 rings (SSSR count). The Morgan fingerprint density at radius 2 is 2.00 bits per heavy atom. The van der Waals surface area contributed by atoms with Gasteiger partial charge in [-0.2, -0.15) is 0 Å². The molecule has 0 radical (unpaired) electrons. The van der Waals surface area contributed by atoms with Gasteiger partial charge in [0.1, 0.15) is 0 Å². The zero-order valence-electron chi connectivity index (χ0n) is 6.81. The van der Waals surface area contributed by atoms with Gasteiger partial charge in [0.25, 0.3) is 0 Å². The first-order valence-electron chi connectivity index (χ1n) is 3.89. The number of hydrogen-bond donors (Lipinski definition) is 0. The summed E-state index contributed by atoms with van der Waals surface area (Å²) in [5.41, 5.74) is 0. The van der Waals surface area contributed by atoms with Crippen LogP contribution in [0.5, 0.6) is 0 Å². The predicted octanol–water partition coefficient (Wildman–Crippen LogP) is 2.46. The Labute approximate surface area is 58.4 Å². The molecule has 1 fully saturated rings. The van der Waals surface area contributed by atoms with E-state index in [2.05, 4.69) is 20.8 Å². The first-order valence-corrected chi connectivity index (χ1v) is 3.89. The second kappa shape index (κ2) is 6.09. The summed E-state index contributed by atoms with van der Waals surface area (Å²) >= 11 is 0. The van der Waals surface area contributed by atoms with Crippen molar-refractivity contribution in [1.82, 2.24) is 0 Å². The lowest BCUT2D eigenvalue weighted by Gasteiger charge is -1.89. The molecule has 0 N–H and O–H groups in total. The van der Waals surface area contributed by atoms with Crippen LogP contribution < -0.4 is 0 Å². The van der Waals surface area contributed by atoms with E-state index in [4.69, 9.17) is 4.74 Å². The quantitative estimate of drug-likeness (QED) is 0.489. The van der Waals surface area contributed by atoms with Gasteiger partial charge < -0.3 is 4.74 Å². The van der Waals surface area contributed by atoms with E-state index in [9.17, 15) is 0 Å². The molecule has 1 heteroatoms. The normalized spacial score (nSPS) is 25.0. The molecule has 0 aliphatic carbocycles. The first kappa shape index (κ1) is 8.96. The van der Waals surface area contributed by atoms with Crippen molar-refractivity contribution < 1.29 is 4.74 Å². The maximum Gasteiger partial charge on any atom is 0.0492 e. The zero-order chi connectivity index (χ0) is 7.11. The average Bonchev–Trinajstić information content (AvgIpc) is 2.20. The molecule has 1 nitrogen and oxygen atoms in total. The van der Waals surface area contributed by atoms with E-state index in [-0.39, 0.29) is 0 Å². The van der Waals surface area contributed by atoms with Crippen LogP contribution in [0.15, 0.2) is 0 Å². The van der Waals surface area contributed by atoms with Crippen LogP contribution in [0.4, 0.5) is 0 Å². The SMILES string of the molecule is CCC.C[C@H]1CCOC1. The van der Waals surface area contributed by atoms with Gasteiger partial charge in [-0.3, -0.25) is 0 Å². The zero-order valence-corrected chi connectivity index (χ0v) is 6.81. The molecule has 1 saturated heterocycles. The van der Waals surface area contributed by atoms with E-state index in [1.165, 1.54) is 12.8 Å². The minimum atomic E-state index is 0.824. The predicted molar refractivity (Wildman–Crippen MR) is 40.6 cm³/mol. The lowest BCUT2D eigenvalue weighted by atomic mass is 10.2. The Morgan fingerprint density at radius 3 is 2.11 bits per heavy atom. The topological polar surface area (TPSA) is 9.23 Å². The molecule has 0 aromatic rings. The molecule has 1 heterocycles. The molecule has 56 valence electrons. The van der Waals surface area contributed by atoms with Crippen LogP contribution in [0.2, 0.25) is 0 Å². The van der Waals surface area contributed by atoms with Crippen molar-refractivity contribution in [3.8, 4) is 0 Å². The Balaban J connectivity index is 0.000000187. The van der Waals surface area contributed by atoms with Gasteiger partial charge in [-0.1, -0.05) is 27.2 Å². The molecule has 0 spiro atoms. The summed E-state index contributed by atoms with van der Waals surface area (Å²) in [6, 6.07) is 0. The van der Waals surface area contributed by atoms with Crippen LogP contribution in [-0.4, -0.2) is 13.2 Å². The summed E-state index contributed by atoms with van der Waals surface area (Å²) < 4.78 is 5.06. The average molecular weight is 130 g/mol. The highest BCUT2D eigenvalue weighted by Crippen LogP contribution is 2.09. The molecule has 9 heavy (non-hydrogen) atoms. The van der Waals surface area contributed by atoms with Gasteiger partial charge in [0, 0.05) is 13.2 Å². The van der Waals surface area contributed by atoms with Crippen molar-refractivity contribution in [2.75, 3.05) is 13.2 Å². The van der Waals surface area contributed by atoms with E-state index in [0.717, 1.165) is 19.1 Å². The van der Waals surface area contributed by atoms with E-state index in [1.54, 1.807) is 0 Å². The molecule has 1 atom stereocenters. The largest absolute Gasteiger partial charge is 0.381 e. The van der Waals surface area contributed by atoms with Crippen molar-refractivity contribution in [3.63, 3.8) is 0 Å². The summed E-state index contributed by atoms with van der Waals surface area (Å²) in [6.07, 6.45) is 2.51. The Hall–Kier alpha value is -0.0400. The minimum Gasteiger partial charge on any atom is -0.381 e. The van der Waals surface area contributed by atoms with Crippen LogP contribution in [0.3, 0.4) is 0 Å². The molecule has 0 unspecified atom stereocenters. The molecule has 0 bridgehead atoms. The highest BCUT2D eigenvalue weighted by Gasteiger charge is 2.07. The smallest absolute Gasteiger partial charge is 0.0492 e. The van der Waals surface area contributed by atoms with Crippen molar-refractivity contribution >= 4 is 0 Å². The minimum absolute atomic E-state index is 0.824. The van der Waals surface area contributed by atoms with Crippen molar-refractivity contribution in [1.29, 1.82) is 0 Å². The standard InChI is InChI=1S/C5H10O.C3H8/c1-5-2-3-6-4-5;1-3-2/h5H,2-4H2,1H3;3H2,1-2H3/t5-;/m0./s1. The molecule has 0 aromatic carbocycles. The molecular weight excluding hydrogens is 112 g/mol. The molecule has 1 aliphatic heterocycles. The Kier molecular flexibility index (Phi) is 6.06. The fourth-order valence-corrected chi connectivity index (χ4v) is 0.652. The number of ether oxygens (including phenoxy) is 1. The first-order chi connectivity index (χ1) is 4.31. The highest BCUT2D eigenvalue weighted by molar-refractivity contribution is 4.55. The van der Waals surface area contributed by atoms with Crippen molar-refractivity contribution in [2.45, 2.75) is 33.6 Å². The Morgan fingerprint density at radius 1 is 1.44 bits per heavy atom. The summed E-state index contributed by atoms with van der Waals surface area (Å²) in [7, 11) is 0. The lowest BCUT2D eigenvalue weighted by molar-refractivity contribution is 0.188. The van der Waals surface area contributed by atoms with Crippen molar-refractivity contribution in [3.05, 3.63) is 0 Å². The van der Waals surface area contributed by atoms with Gasteiger partial charge >= 0.3 is 0 Å². The fourth-order valence-electron chi connectivity index (χ4n) is 0.652. The van der Waals surface area contributed by atoms with E-state index < -0.39 is 0 Å². The second-order valence-electron chi connectivity index (χ2n) is 2.68. The van der Waals surface area contributed by atoms with Gasteiger partial charge in [0.15, 0.2) is 0 Å².